The highest BCUT2D eigenvalue weighted by Gasteiger charge is 2.45. The Balaban J connectivity index is 1.07. The maximum Gasteiger partial charge on any atom is 0.212 e. The van der Waals surface area contributed by atoms with Crippen LogP contribution in [0.4, 0.5) is 5.82 Å². The number of hydrogen-bond donors (Lipinski definition) is 0. The minimum Gasteiger partial charge on any atom is -0.481 e. The van der Waals surface area contributed by atoms with Crippen molar-refractivity contribution in [2.24, 2.45) is 0 Å². The van der Waals surface area contributed by atoms with Crippen LogP contribution < -0.4 is 14.4 Å². The standard InChI is InChI=1S/C30H32N8O3/c1-39-29-5-2-21(13-33-29)16-36-17-24-10-25(18-36)38(24)28-4-3-22(14-32-28)27-11-26(41-20-35-6-8-40-9-7-35)19-37-30(27)23(12-31)15-34-37/h2-5,11,13-15,19,24-25H,6-10,16-18,20H2,1H3. The van der Waals surface area contributed by atoms with Gasteiger partial charge in [-0.15, -0.1) is 0 Å². The van der Waals surface area contributed by atoms with Crippen LogP contribution in [0, 0.1) is 11.3 Å². The molecule has 0 amide bonds. The Morgan fingerprint density at radius 3 is 2.59 bits per heavy atom. The van der Waals surface area contributed by atoms with E-state index >= 15 is 0 Å². The van der Waals surface area contributed by atoms with Crippen LogP contribution in [0.15, 0.2) is 55.1 Å². The molecule has 0 saturated carbocycles. The summed E-state index contributed by atoms with van der Waals surface area (Å²) in [5, 5.41) is 14.2. The third-order valence-corrected chi connectivity index (χ3v) is 8.23. The normalized spacial score (nSPS) is 20.9. The summed E-state index contributed by atoms with van der Waals surface area (Å²) in [4.78, 5) is 16.4. The predicted molar refractivity (Wildman–Crippen MR) is 152 cm³/mol. The summed E-state index contributed by atoms with van der Waals surface area (Å²) in [7, 11) is 1.64. The number of anilines is 1. The van der Waals surface area contributed by atoms with Gasteiger partial charge in [0.1, 0.15) is 24.4 Å². The Labute approximate surface area is 238 Å². The molecule has 2 atom stereocenters. The quantitative estimate of drug-likeness (QED) is 0.324. The third-order valence-electron chi connectivity index (χ3n) is 8.23. The number of nitrogens with zero attached hydrogens (tertiary/aromatic N) is 8. The summed E-state index contributed by atoms with van der Waals surface area (Å²) in [6.07, 6.45) is 8.41. The lowest BCUT2D eigenvalue weighted by atomic mass is 9.87. The van der Waals surface area contributed by atoms with Crippen LogP contribution in [0.2, 0.25) is 0 Å². The highest BCUT2D eigenvalue weighted by Crippen LogP contribution is 2.38. The zero-order valence-electron chi connectivity index (χ0n) is 23.0. The Kier molecular flexibility index (Phi) is 6.88. The molecule has 2 bridgehead atoms. The number of pyridine rings is 3. The van der Waals surface area contributed by atoms with E-state index in [0.717, 1.165) is 55.2 Å². The van der Waals surface area contributed by atoms with Crippen molar-refractivity contribution in [3.05, 3.63) is 66.2 Å². The van der Waals surface area contributed by atoms with Gasteiger partial charge in [0, 0.05) is 74.4 Å². The molecule has 41 heavy (non-hydrogen) atoms. The maximum atomic E-state index is 9.74. The number of piperazine rings is 1. The monoisotopic (exact) mass is 552 g/mol. The van der Waals surface area contributed by atoms with E-state index in [1.165, 1.54) is 12.0 Å². The van der Waals surface area contributed by atoms with Gasteiger partial charge in [-0.1, -0.05) is 6.07 Å². The fraction of sp³-hybridized carbons (Fsp3) is 0.400. The smallest absolute Gasteiger partial charge is 0.212 e. The highest BCUT2D eigenvalue weighted by molar-refractivity contribution is 5.85. The Morgan fingerprint density at radius 2 is 1.88 bits per heavy atom. The van der Waals surface area contributed by atoms with Crippen molar-refractivity contribution in [3.63, 3.8) is 0 Å². The molecule has 0 aliphatic carbocycles. The SMILES string of the molecule is COc1ccc(CN2CC3CC(C2)N3c2ccc(-c3cc(OCN4CCOCC4)cn4ncc(C#N)c34)cn2)cn1. The van der Waals surface area contributed by atoms with Gasteiger partial charge in [0.05, 0.1) is 43.8 Å². The number of nitriles is 1. The van der Waals surface area contributed by atoms with Crippen LogP contribution in [-0.4, -0.2) is 94.7 Å². The number of hydrogen-bond acceptors (Lipinski definition) is 10. The first-order valence-corrected chi connectivity index (χ1v) is 14.0. The molecule has 4 aliphatic rings. The number of morpholine rings is 1. The molecule has 8 heterocycles. The lowest BCUT2D eigenvalue weighted by molar-refractivity contribution is 0.00397. The minimum absolute atomic E-state index is 0.446. The van der Waals surface area contributed by atoms with E-state index in [2.05, 4.69) is 49.1 Å². The molecule has 4 fully saturated rings. The van der Waals surface area contributed by atoms with E-state index in [9.17, 15) is 5.26 Å². The number of rotatable bonds is 8. The van der Waals surface area contributed by atoms with E-state index < -0.39 is 0 Å². The number of fused-ring (bicyclic) bond motifs is 3. The molecule has 8 rings (SSSR count). The van der Waals surface area contributed by atoms with Gasteiger partial charge in [-0.2, -0.15) is 10.4 Å². The van der Waals surface area contributed by atoms with Gasteiger partial charge in [-0.25, -0.2) is 14.5 Å². The summed E-state index contributed by atoms with van der Waals surface area (Å²) >= 11 is 0. The molecule has 4 saturated heterocycles. The zero-order valence-corrected chi connectivity index (χ0v) is 23.0. The molecular formula is C30H32N8O3. The molecule has 11 heteroatoms. The van der Waals surface area contributed by atoms with E-state index in [0.29, 0.717) is 49.2 Å². The average Bonchev–Trinajstić information content (AvgIpc) is 3.44. The Morgan fingerprint density at radius 1 is 1.02 bits per heavy atom. The zero-order chi connectivity index (χ0) is 27.8. The minimum atomic E-state index is 0.446. The Bertz CT molecular complexity index is 1550. The van der Waals surface area contributed by atoms with Gasteiger partial charge in [0.25, 0.3) is 0 Å². The van der Waals surface area contributed by atoms with Gasteiger partial charge < -0.3 is 19.1 Å². The highest BCUT2D eigenvalue weighted by atomic mass is 16.5. The summed E-state index contributed by atoms with van der Waals surface area (Å²) in [6, 6.07) is 13.3. The van der Waals surface area contributed by atoms with Gasteiger partial charge in [0.15, 0.2) is 0 Å². The second-order valence-corrected chi connectivity index (χ2v) is 10.8. The number of aromatic nitrogens is 4. The van der Waals surface area contributed by atoms with Gasteiger partial charge >= 0.3 is 0 Å². The first kappa shape index (κ1) is 25.7. The van der Waals surface area contributed by atoms with Crippen molar-refractivity contribution < 1.29 is 14.2 Å². The summed E-state index contributed by atoms with van der Waals surface area (Å²) in [5.74, 6) is 2.33. The molecule has 4 aromatic rings. The summed E-state index contributed by atoms with van der Waals surface area (Å²) in [5.41, 5.74) is 4.27. The summed E-state index contributed by atoms with van der Waals surface area (Å²) < 4.78 is 18.5. The van der Waals surface area contributed by atoms with Crippen molar-refractivity contribution in [2.45, 2.75) is 25.0 Å². The average molecular weight is 553 g/mol. The second kappa shape index (κ2) is 11.0. The first-order valence-electron chi connectivity index (χ1n) is 14.0. The predicted octanol–water partition coefficient (Wildman–Crippen LogP) is 2.80. The molecule has 0 aromatic carbocycles. The Hall–Kier alpha value is -4.24. The second-order valence-electron chi connectivity index (χ2n) is 10.8. The van der Waals surface area contributed by atoms with E-state index in [4.69, 9.17) is 19.2 Å². The number of piperidine rings is 1. The topological polar surface area (TPSA) is 104 Å². The molecule has 4 aromatic heterocycles. The van der Waals surface area contributed by atoms with E-state index in [1.807, 2.05) is 30.7 Å². The lowest BCUT2D eigenvalue weighted by Crippen LogP contribution is -2.69. The van der Waals surface area contributed by atoms with E-state index in [1.54, 1.807) is 17.8 Å². The molecule has 2 unspecified atom stereocenters. The number of methoxy groups -OCH3 is 1. The summed E-state index contributed by atoms with van der Waals surface area (Å²) in [6.45, 7) is 6.47. The van der Waals surface area contributed by atoms with Crippen LogP contribution in [0.25, 0.3) is 16.6 Å². The lowest BCUT2D eigenvalue weighted by Gasteiger charge is -2.57. The molecule has 4 aliphatic heterocycles. The van der Waals surface area contributed by atoms with Crippen LogP contribution in [0.1, 0.15) is 17.5 Å². The van der Waals surface area contributed by atoms with Crippen molar-refractivity contribution in [3.8, 4) is 28.8 Å². The van der Waals surface area contributed by atoms with Gasteiger partial charge in [-0.3, -0.25) is 9.80 Å². The molecule has 210 valence electrons. The third kappa shape index (κ3) is 5.06. The van der Waals surface area contributed by atoms with Crippen LogP contribution >= 0.6 is 0 Å². The molecular weight excluding hydrogens is 520 g/mol. The molecule has 11 nitrogen and oxygen atoms in total. The van der Waals surface area contributed by atoms with Crippen molar-refractivity contribution in [1.82, 2.24) is 29.4 Å². The maximum absolute atomic E-state index is 9.74. The molecule has 0 radical (unpaired) electrons. The largest absolute Gasteiger partial charge is 0.481 e. The van der Waals surface area contributed by atoms with E-state index in [-0.39, 0.29) is 0 Å². The van der Waals surface area contributed by atoms with Crippen molar-refractivity contribution in [1.29, 1.82) is 5.26 Å². The van der Waals surface area contributed by atoms with Crippen molar-refractivity contribution >= 4 is 11.3 Å². The van der Waals surface area contributed by atoms with Crippen LogP contribution in [0.3, 0.4) is 0 Å². The van der Waals surface area contributed by atoms with Crippen LogP contribution in [-0.2, 0) is 11.3 Å². The molecule has 0 spiro atoms. The van der Waals surface area contributed by atoms with Gasteiger partial charge in [-0.05, 0) is 30.2 Å². The van der Waals surface area contributed by atoms with Crippen LogP contribution in [0.5, 0.6) is 11.6 Å². The number of ether oxygens (including phenoxy) is 3. The van der Waals surface area contributed by atoms with Crippen molar-refractivity contribution in [2.75, 3.05) is 58.1 Å². The fourth-order valence-electron chi connectivity index (χ4n) is 6.16. The first-order chi connectivity index (χ1) is 20.2. The molecule has 0 N–H and O–H groups in total. The fourth-order valence-corrected chi connectivity index (χ4v) is 6.16. The van der Waals surface area contributed by atoms with Gasteiger partial charge in [0.2, 0.25) is 5.88 Å².